The molecule has 5 nitrogen and oxygen atoms in total. The number of hydrogen-bond donors (Lipinski definition) is 2. The molecule has 0 saturated heterocycles. The maximum Gasteiger partial charge on any atom is 0.222 e. The van der Waals surface area contributed by atoms with Crippen molar-refractivity contribution in [3.63, 3.8) is 0 Å². The van der Waals surface area contributed by atoms with Gasteiger partial charge < -0.3 is 10.4 Å². The molecule has 5 heteroatoms. The van der Waals surface area contributed by atoms with Crippen molar-refractivity contribution in [2.24, 2.45) is 0 Å². The Morgan fingerprint density at radius 1 is 1.50 bits per heavy atom. The van der Waals surface area contributed by atoms with E-state index in [1.54, 1.807) is 6.92 Å². The first-order chi connectivity index (χ1) is 8.38. The standard InChI is InChI=1S/C13H23N3O2/c1-9(8-12(4)17)14-13(18)5-6-16-11(3)7-10(2)15-16/h7,9,12,17H,5-6,8H2,1-4H3,(H,14,18). The highest BCUT2D eigenvalue weighted by Crippen LogP contribution is 2.03. The second-order valence-electron chi connectivity index (χ2n) is 4.95. The number of aliphatic hydroxyl groups excluding tert-OH is 1. The van der Waals surface area contributed by atoms with Gasteiger partial charge in [0.1, 0.15) is 0 Å². The Morgan fingerprint density at radius 3 is 2.67 bits per heavy atom. The van der Waals surface area contributed by atoms with Gasteiger partial charge in [0, 0.05) is 24.7 Å². The minimum atomic E-state index is -0.392. The summed E-state index contributed by atoms with van der Waals surface area (Å²) in [5, 5.41) is 16.4. The van der Waals surface area contributed by atoms with Crippen LogP contribution < -0.4 is 5.32 Å². The third kappa shape index (κ3) is 4.87. The van der Waals surface area contributed by atoms with Crippen molar-refractivity contribution in [1.29, 1.82) is 0 Å². The van der Waals surface area contributed by atoms with Gasteiger partial charge in [0.05, 0.1) is 11.8 Å². The predicted molar refractivity (Wildman–Crippen MR) is 70.2 cm³/mol. The molecule has 0 aromatic carbocycles. The van der Waals surface area contributed by atoms with Gasteiger partial charge in [0.2, 0.25) is 5.91 Å². The van der Waals surface area contributed by atoms with Crippen LogP contribution in [0.4, 0.5) is 0 Å². The first-order valence-corrected chi connectivity index (χ1v) is 6.37. The van der Waals surface area contributed by atoms with Gasteiger partial charge in [0.25, 0.3) is 0 Å². The monoisotopic (exact) mass is 253 g/mol. The second kappa shape index (κ2) is 6.54. The van der Waals surface area contributed by atoms with Crippen LogP contribution in [0.2, 0.25) is 0 Å². The van der Waals surface area contributed by atoms with Gasteiger partial charge in [-0.3, -0.25) is 9.48 Å². The summed E-state index contributed by atoms with van der Waals surface area (Å²) in [6, 6.07) is 1.99. The summed E-state index contributed by atoms with van der Waals surface area (Å²) in [6.07, 6.45) is 0.592. The number of amides is 1. The van der Waals surface area contributed by atoms with Crippen molar-refractivity contribution >= 4 is 5.91 Å². The van der Waals surface area contributed by atoms with Crippen molar-refractivity contribution in [3.8, 4) is 0 Å². The van der Waals surface area contributed by atoms with Crippen molar-refractivity contribution in [2.75, 3.05) is 0 Å². The van der Waals surface area contributed by atoms with E-state index in [2.05, 4.69) is 10.4 Å². The lowest BCUT2D eigenvalue weighted by molar-refractivity contribution is -0.122. The highest BCUT2D eigenvalue weighted by atomic mass is 16.3. The molecule has 2 unspecified atom stereocenters. The van der Waals surface area contributed by atoms with Crippen LogP contribution in [0.15, 0.2) is 6.07 Å². The fraction of sp³-hybridized carbons (Fsp3) is 0.692. The third-order valence-electron chi connectivity index (χ3n) is 2.76. The van der Waals surface area contributed by atoms with E-state index in [1.807, 2.05) is 31.5 Å². The van der Waals surface area contributed by atoms with Gasteiger partial charge in [-0.1, -0.05) is 0 Å². The molecule has 102 valence electrons. The Bertz CT molecular complexity index is 399. The molecular weight excluding hydrogens is 230 g/mol. The Hall–Kier alpha value is -1.36. The zero-order valence-corrected chi connectivity index (χ0v) is 11.6. The average molecular weight is 253 g/mol. The first kappa shape index (κ1) is 14.7. The molecule has 1 aromatic heterocycles. The van der Waals surface area contributed by atoms with E-state index in [1.165, 1.54) is 0 Å². The third-order valence-corrected chi connectivity index (χ3v) is 2.76. The van der Waals surface area contributed by atoms with Crippen LogP contribution in [0.1, 0.15) is 38.1 Å². The van der Waals surface area contributed by atoms with Crippen LogP contribution >= 0.6 is 0 Å². The van der Waals surface area contributed by atoms with Gasteiger partial charge in [-0.2, -0.15) is 5.10 Å². The van der Waals surface area contributed by atoms with Gasteiger partial charge >= 0.3 is 0 Å². The molecule has 0 fully saturated rings. The summed E-state index contributed by atoms with van der Waals surface area (Å²) in [6.45, 7) is 8.13. The maximum atomic E-state index is 11.7. The summed E-state index contributed by atoms with van der Waals surface area (Å²) in [5.74, 6) is -0.00398. The predicted octanol–water partition coefficient (Wildman–Crippen LogP) is 1.17. The van der Waals surface area contributed by atoms with Crippen LogP contribution in [0.25, 0.3) is 0 Å². The smallest absolute Gasteiger partial charge is 0.222 e. The van der Waals surface area contributed by atoms with Crippen LogP contribution in [0, 0.1) is 13.8 Å². The number of aliphatic hydroxyl groups is 1. The molecule has 0 saturated carbocycles. The Balaban J connectivity index is 2.35. The van der Waals surface area contributed by atoms with Crippen molar-refractivity contribution < 1.29 is 9.90 Å². The molecular formula is C13H23N3O2. The van der Waals surface area contributed by atoms with Crippen LogP contribution in [0.3, 0.4) is 0 Å². The molecule has 1 aromatic rings. The average Bonchev–Trinajstić information content (AvgIpc) is 2.53. The molecule has 0 bridgehead atoms. The lowest BCUT2D eigenvalue weighted by Crippen LogP contribution is -2.35. The highest BCUT2D eigenvalue weighted by molar-refractivity contribution is 5.76. The van der Waals surface area contributed by atoms with Gasteiger partial charge in [-0.05, 0) is 40.2 Å². The van der Waals surface area contributed by atoms with E-state index < -0.39 is 6.10 Å². The van der Waals surface area contributed by atoms with E-state index >= 15 is 0 Å². The van der Waals surface area contributed by atoms with Crippen LogP contribution in [0.5, 0.6) is 0 Å². The van der Waals surface area contributed by atoms with Crippen molar-refractivity contribution in [2.45, 2.75) is 59.2 Å². The first-order valence-electron chi connectivity index (χ1n) is 6.37. The Labute approximate surface area is 108 Å². The van der Waals surface area contributed by atoms with Gasteiger partial charge in [-0.25, -0.2) is 0 Å². The molecule has 0 aliphatic heterocycles. The Morgan fingerprint density at radius 2 is 2.17 bits per heavy atom. The normalized spacial score (nSPS) is 14.3. The number of nitrogens with zero attached hydrogens (tertiary/aromatic N) is 2. The summed E-state index contributed by atoms with van der Waals surface area (Å²) in [7, 11) is 0. The number of rotatable bonds is 6. The minimum Gasteiger partial charge on any atom is -0.393 e. The SMILES string of the molecule is Cc1cc(C)n(CCC(=O)NC(C)CC(C)O)n1. The number of carbonyl (C=O) groups excluding carboxylic acids is 1. The van der Waals surface area contributed by atoms with Crippen LogP contribution in [-0.4, -0.2) is 32.9 Å². The Kier molecular flexibility index (Phi) is 5.34. The zero-order chi connectivity index (χ0) is 13.7. The molecule has 0 aliphatic rings. The molecule has 18 heavy (non-hydrogen) atoms. The molecule has 0 radical (unpaired) electrons. The summed E-state index contributed by atoms with van der Waals surface area (Å²) >= 11 is 0. The van der Waals surface area contributed by atoms with E-state index in [-0.39, 0.29) is 11.9 Å². The van der Waals surface area contributed by atoms with E-state index in [0.717, 1.165) is 11.4 Å². The lowest BCUT2D eigenvalue weighted by Gasteiger charge is -2.15. The molecule has 1 heterocycles. The fourth-order valence-electron chi connectivity index (χ4n) is 2.03. The molecule has 2 N–H and O–H groups in total. The van der Waals surface area contributed by atoms with E-state index in [9.17, 15) is 9.90 Å². The number of aryl methyl sites for hydroxylation is 3. The molecule has 1 rings (SSSR count). The number of hydrogen-bond acceptors (Lipinski definition) is 3. The van der Waals surface area contributed by atoms with Crippen LogP contribution in [-0.2, 0) is 11.3 Å². The van der Waals surface area contributed by atoms with E-state index in [0.29, 0.717) is 19.4 Å². The van der Waals surface area contributed by atoms with Gasteiger partial charge in [0.15, 0.2) is 0 Å². The van der Waals surface area contributed by atoms with E-state index in [4.69, 9.17) is 0 Å². The summed E-state index contributed by atoms with van der Waals surface area (Å²) < 4.78 is 1.84. The lowest BCUT2D eigenvalue weighted by atomic mass is 10.1. The zero-order valence-electron chi connectivity index (χ0n) is 11.6. The molecule has 0 aliphatic carbocycles. The number of aromatic nitrogens is 2. The number of carbonyl (C=O) groups is 1. The minimum absolute atomic E-state index is 0.00189. The molecule has 1 amide bonds. The summed E-state index contributed by atoms with van der Waals surface area (Å²) in [4.78, 5) is 11.7. The van der Waals surface area contributed by atoms with Gasteiger partial charge in [-0.15, -0.1) is 0 Å². The summed E-state index contributed by atoms with van der Waals surface area (Å²) in [5.41, 5.74) is 2.03. The fourth-order valence-corrected chi connectivity index (χ4v) is 2.03. The molecule has 2 atom stereocenters. The largest absolute Gasteiger partial charge is 0.393 e. The second-order valence-corrected chi connectivity index (χ2v) is 4.95. The quantitative estimate of drug-likeness (QED) is 0.799. The topological polar surface area (TPSA) is 67.2 Å². The number of nitrogens with one attached hydrogen (secondary N) is 1. The van der Waals surface area contributed by atoms with Crippen molar-refractivity contribution in [1.82, 2.24) is 15.1 Å². The maximum absolute atomic E-state index is 11.7. The highest BCUT2D eigenvalue weighted by Gasteiger charge is 2.10. The van der Waals surface area contributed by atoms with Crippen molar-refractivity contribution in [3.05, 3.63) is 17.5 Å². The molecule has 0 spiro atoms.